The van der Waals surface area contributed by atoms with Crippen LogP contribution in [0, 0.1) is 0 Å². The van der Waals surface area contributed by atoms with Gasteiger partial charge in [0.1, 0.15) is 16.7 Å². The number of carboxylic acid groups (broad SMARTS) is 1. The Bertz CT molecular complexity index is 796. The van der Waals surface area contributed by atoms with Crippen molar-refractivity contribution in [2.45, 2.75) is 33.2 Å². The molecule has 2 rings (SSSR count). The molecule has 2 heterocycles. The van der Waals surface area contributed by atoms with Gasteiger partial charge in [0.15, 0.2) is 0 Å². The van der Waals surface area contributed by atoms with Gasteiger partial charge in [0.25, 0.3) is 0 Å². The lowest BCUT2D eigenvalue weighted by Gasteiger charge is -2.14. The molecule has 0 saturated carbocycles. The van der Waals surface area contributed by atoms with Crippen LogP contribution in [0.4, 0.5) is 5.00 Å². The van der Waals surface area contributed by atoms with Crippen LogP contribution in [0.25, 0.3) is 0 Å². The highest BCUT2D eigenvalue weighted by molar-refractivity contribution is 7.16. The van der Waals surface area contributed by atoms with Crippen molar-refractivity contribution in [1.29, 1.82) is 0 Å². The summed E-state index contributed by atoms with van der Waals surface area (Å²) in [6, 6.07) is 2.15. The van der Waals surface area contributed by atoms with Gasteiger partial charge in [0, 0.05) is 11.1 Å². The van der Waals surface area contributed by atoms with Crippen molar-refractivity contribution in [2.24, 2.45) is 0 Å². The number of carboxylic acids is 1. The molecule has 0 aliphatic heterocycles. The number of hydrogen-bond acceptors (Lipinski definition) is 6. The third-order valence-corrected chi connectivity index (χ3v) is 4.69. The summed E-state index contributed by atoms with van der Waals surface area (Å²) in [4.78, 5) is 36.7. The number of esters is 1. The van der Waals surface area contributed by atoms with Crippen molar-refractivity contribution >= 4 is 34.2 Å². The fourth-order valence-electron chi connectivity index (χ4n) is 2.19. The Morgan fingerprint density at radius 3 is 2.72 bits per heavy atom. The number of thiophene rings is 1. The second-order valence-electron chi connectivity index (χ2n) is 5.16. The number of nitrogens with one attached hydrogen (secondary N) is 1. The van der Waals surface area contributed by atoms with Gasteiger partial charge in [0.2, 0.25) is 5.91 Å². The third kappa shape index (κ3) is 4.05. The van der Waals surface area contributed by atoms with Gasteiger partial charge in [-0.3, -0.25) is 4.79 Å². The SMILES string of the molecule is CCOC(=O)c1cc(CC)sc1NC(=O)C(C)n1nccc1C(=O)O. The molecule has 0 spiro atoms. The monoisotopic (exact) mass is 365 g/mol. The number of carbonyl (C=O) groups is 3. The van der Waals surface area contributed by atoms with Gasteiger partial charge in [-0.15, -0.1) is 11.3 Å². The molecule has 1 unspecified atom stereocenters. The minimum atomic E-state index is -1.17. The smallest absolute Gasteiger partial charge is 0.354 e. The predicted molar refractivity (Wildman–Crippen MR) is 92.2 cm³/mol. The number of rotatable bonds is 7. The van der Waals surface area contributed by atoms with Crippen LogP contribution in [0.1, 0.15) is 52.5 Å². The van der Waals surface area contributed by atoms with E-state index in [2.05, 4.69) is 10.4 Å². The van der Waals surface area contributed by atoms with E-state index in [1.807, 2.05) is 6.92 Å². The van der Waals surface area contributed by atoms with Crippen LogP contribution in [0.15, 0.2) is 18.3 Å². The van der Waals surface area contributed by atoms with Gasteiger partial charge >= 0.3 is 11.9 Å². The first-order valence-corrected chi connectivity index (χ1v) is 8.58. The molecule has 0 aliphatic rings. The number of nitrogens with zero attached hydrogens (tertiary/aromatic N) is 2. The Hall–Kier alpha value is -2.68. The summed E-state index contributed by atoms with van der Waals surface area (Å²) in [6.07, 6.45) is 2.03. The van der Waals surface area contributed by atoms with Gasteiger partial charge < -0.3 is 15.2 Å². The molecule has 1 atom stereocenters. The number of aryl methyl sites for hydroxylation is 1. The van der Waals surface area contributed by atoms with E-state index in [9.17, 15) is 14.4 Å². The van der Waals surface area contributed by atoms with E-state index in [0.717, 1.165) is 9.56 Å². The number of carbonyl (C=O) groups excluding carboxylic acids is 2. The number of hydrogen-bond donors (Lipinski definition) is 2. The van der Waals surface area contributed by atoms with Crippen LogP contribution < -0.4 is 5.32 Å². The topological polar surface area (TPSA) is 111 Å². The van der Waals surface area contributed by atoms with Crippen LogP contribution in [0.3, 0.4) is 0 Å². The molecule has 9 heteroatoms. The van der Waals surface area contributed by atoms with Crippen molar-refractivity contribution in [1.82, 2.24) is 9.78 Å². The molecular weight excluding hydrogens is 346 g/mol. The number of anilines is 1. The number of ether oxygens (including phenoxy) is 1. The van der Waals surface area contributed by atoms with E-state index < -0.39 is 23.9 Å². The Morgan fingerprint density at radius 1 is 1.40 bits per heavy atom. The lowest BCUT2D eigenvalue weighted by molar-refractivity contribution is -0.119. The van der Waals surface area contributed by atoms with Crippen molar-refractivity contribution < 1.29 is 24.2 Å². The number of aromatic nitrogens is 2. The van der Waals surface area contributed by atoms with Gasteiger partial charge in [-0.05, 0) is 32.4 Å². The van der Waals surface area contributed by atoms with Gasteiger partial charge in [-0.1, -0.05) is 6.92 Å². The normalized spacial score (nSPS) is 11.8. The van der Waals surface area contributed by atoms with Gasteiger partial charge in [-0.2, -0.15) is 5.10 Å². The predicted octanol–water partition coefficient (Wildman–Crippen LogP) is 2.58. The lowest BCUT2D eigenvalue weighted by atomic mass is 10.2. The van der Waals surface area contributed by atoms with Crippen molar-refractivity contribution in [3.8, 4) is 0 Å². The molecule has 0 aromatic carbocycles. The highest BCUT2D eigenvalue weighted by Crippen LogP contribution is 2.30. The first-order valence-electron chi connectivity index (χ1n) is 7.76. The molecule has 0 radical (unpaired) electrons. The van der Waals surface area contributed by atoms with E-state index in [1.165, 1.54) is 30.5 Å². The number of aromatic carboxylic acids is 1. The fraction of sp³-hybridized carbons (Fsp3) is 0.375. The van der Waals surface area contributed by atoms with E-state index in [0.29, 0.717) is 17.0 Å². The minimum Gasteiger partial charge on any atom is -0.477 e. The summed E-state index contributed by atoms with van der Waals surface area (Å²) < 4.78 is 6.13. The quantitative estimate of drug-likeness (QED) is 0.730. The highest BCUT2D eigenvalue weighted by Gasteiger charge is 2.24. The average Bonchev–Trinajstić information content (AvgIpc) is 3.21. The van der Waals surface area contributed by atoms with Crippen molar-refractivity contribution in [3.63, 3.8) is 0 Å². The summed E-state index contributed by atoms with van der Waals surface area (Å²) in [5.41, 5.74) is 0.205. The first-order chi connectivity index (χ1) is 11.9. The van der Waals surface area contributed by atoms with E-state index in [1.54, 1.807) is 13.0 Å². The average molecular weight is 365 g/mol. The lowest BCUT2D eigenvalue weighted by Crippen LogP contribution is -2.27. The summed E-state index contributed by atoms with van der Waals surface area (Å²) in [5.74, 6) is -2.15. The molecular formula is C16H19N3O5S. The van der Waals surface area contributed by atoms with Crippen LogP contribution in [0.2, 0.25) is 0 Å². The number of amides is 1. The van der Waals surface area contributed by atoms with Crippen LogP contribution in [-0.2, 0) is 16.0 Å². The molecule has 2 aromatic heterocycles. The van der Waals surface area contributed by atoms with Crippen molar-refractivity contribution in [2.75, 3.05) is 11.9 Å². The minimum absolute atomic E-state index is 0.0892. The fourth-order valence-corrected chi connectivity index (χ4v) is 3.18. The molecule has 0 fully saturated rings. The molecule has 1 amide bonds. The second-order valence-corrected chi connectivity index (χ2v) is 6.30. The first kappa shape index (κ1) is 18.7. The maximum Gasteiger partial charge on any atom is 0.354 e. The molecule has 134 valence electrons. The van der Waals surface area contributed by atoms with E-state index >= 15 is 0 Å². The summed E-state index contributed by atoms with van der Waals surface area (Å²) >= 11 is 1.29. The van der Waals surface area contributed by atoms with Crippen LogP contribution >= 0.6 is 11.3 Å². The van der Waals surface area contributed by atoms with E-state index in [-0.39, 0.29) is 12.3 Å². The maximum atomic E-state index is 12.5. The molecule has 0 saturated heterocycles. The van der Waals surface area contributed by atoms with Gasteiger partial charge in [-0.25, -0.2) is 14.3 Å². The van der Waals surface area contributed by atoms with Crippen molar-refractivity contribution in [3.05, 3.63) is 34.5 Å². The summed E-state index contributed by atoms with van der Waals surface area (Å²) in [6.45, 7) is 5.41. The zero-order chi connectivity index (χ0) is 18.6. The van der Waals surface area contributed by atoms with E-state index in [4.69, 9.17) is 9.84 Å². The largest absolute Gasteiger partial charge is 0.477 e. The molecule has 2 aromatic rings. The summed E-state index contributed by atoms with van der Waals surface area (Å²) in [5, 5.41) is 16.1. The standard InChI is InChI=1S/C16H19N3O5S/c1-4-10-8-11(16(23)24-5-2)14(25-10)18-13(20)9(3)19-12(15(21)22)6-7-17-19/h6-9H,4-5H2,1-3H3,(H,18,20)(H,21,22). The molecule has 8 nitrogen and oxygen atoms in total. The Labute approximate surface area is 148 Å². The molecule has 2 N–H and O–H groups in total. The van der Waals surface area contributed by atoms with Crippen LogP contribution in [0.5, 0.6) is 0 Å². The maximum absolute atomic E-state index is 12.5. The Balaban J connectivity index is 2.25. The zero-order valence-corrected chi connectivity index (χ0v) is 14.9. The van der Waals surface area contributed by atoms with Gasteiger partial charge in [0.05, 0.1) is 12.2 Å². The molecule has 25 heavy (non-hydrogen) atoms. The zero-order valence-electron chi connectivity index (χ0n) is 14.1. The highest BCUT2D eigenvalue weighted by atomic mass is 32.1. The molecule has 0 aliphatic carbocycles. The summed E-state index contributed by atoms with van der Waals surface area (Å²) in [7, 11) is 0. The Kier molecular flexibility index (Phi) is 5.92. The van der Waals surface area contributed by atoms with Crippen LogP contribution in [-0.4, -0.2) is 39.3 Å². The molecule has 0 bridgehead atoms. The Morgan fingerprint density at radius 2 is 2.12 bits per heavy atom. The second kappa shape index (κ2) is 7.93. The third-order valence-electron chi connectivity index (χ3n) is 3.50.